The molecule has 1 aromatic heterocycles. The van der Waals surface area contributed by atoms with E-state index in [4.69, 9.17) is 5.73 Å². The lowest BCUT2D eigenvalue weighted by atomic mass is 9.72. The molecule has 86 valence electrons. The maximum absolute atomic E-state index is 6.23. The monoisotopic (exact) mass is 216 g/mol. The highest BCUT2D eigenvalue weighted by atomic mass is 14.7. The van der Waals surface area contributed by atoms with Crippen LogP contribution >= 0.6 is 0 Å². The molecule has 1 aromatic rings. The first-order valence-corrected chi connectivity index (χ1v) is 6.56. The molecule has 2 unspecified atom stereocenters. The maximum atomic E-state index is 6.23. The van der Waals surface area contributed by atoms with Gasteiger partial charge in [0.25, 0.3) is 0 Å². The molecule has 2 nitrogen and oxygen atoms in total. The van der Waals surface area contributed by atoms with Gasteiger partial charge in [0, 0.05) is 23.9 Å². The van der Waals surface area contributed by atoms with E-state index in [1.54, 1.807) is 0 Å². The molecule has 16 heavy (non-hydrogen) atoms. The Hall–Kier alpha value is -0.890. The van der Waals surface area contributed by atoms with Crippen molar-refractivity contribution in [2.24, 2.45) is 11.7 Å². The average Bonchev–Trinajstić information content (AvgIpc) is 2.39. The molecule has 0 aromatic carbocycles. The third kappa shape index (κ3) is 1.65. The Labute approximate surface area is 97.3 Å². The van der Waals surface area contributed by atoms with Gasteiger partial charge in [0.15, 0.2) is 0 Å². The van der Waals surface area contributed by atoms with E-state index in [1.807, 2.05) is 12.3 Å². The Morgan fingerprint density at radius 2 is 1.94 bits per heavy atom. The largest absolute Gasteiger partial charge is 0.324 e. The van der Waals surface area contributed by atoms with E-state index in [0.29, 0.717) is 5.92 Å². The van der Waals surface area contributed by atoms with Gasteiger partial charge in [0.1, 0.15) is 0 Å². The van der Waals surface area contributed by atoms with Crippen molar-refractivity contribution in [2.75, 3.05) is 0 Å². The molecule has 1 saturated carbocycles. The van der Waals surface area contributed by atoms with Gasteiger partial charge in [-0.1, -0.05) is 18.9 Å². The van der Waals surface area contributed by atoms with Gasteiger partial charge in [0.2, 0.25) is 0 Å². The van der Waals surface area contributed by atoms with Crippen LogP contribution in [-0.2, 0) is 0 Å². The summed E-state index contributed by atoms with van der Waals surface area (Å²) in [4.78, 5) is 4.63. The van der Waals surface area contributed by atoms with Crippen molar-refractivity contribution in [1.82, 2.24) is 4.98 Å². The Bertz CT molecular complexity index is 371. The molecule has 0 saturated heterocycles. The minimum atomic E-state index is 0.216. The van der Waals surface area contributed by atoms with Crippen LogP contribution in [0.15, 0.2) is 18.3 Å². The van der Waals surface area contributed by atoms with Gasteiger partial charge < -0.3 is 5.73 Å². The standard InChI is InChI=1S/C14H20N2/c15-13-8-2-6-11(10-4-1-5-10)14-12(13)7-3-9-16-14/h3,7,9-11,13H,1-2,4-6,8,15H2. The highest BCUT2D eigenvalue weighted by Gasteiger charge is 2.33. The molecule has 2 aliphatic carbocycles. The fourth-order valence-electron chi connectivity index (χ4n) is 3.20. The van der Waals surface area contributed by atoms with Crippen molar-refractivity contribution in [1.29, 1.82) is 0 Å². The summed E-state index contributed by atoms with van der Waals surface area (Å²) >= 11 is 0. The first kappa shape index (κ1) is 10.3. The van der Waals surface area contributed by atoms with E-state index in [9.17, 15) is 0 Å². The van der Waals surface area contributed by atoms with E-state index >= 15 is 0 Å². The zero-order valence-corrected chi connectivity index (χ0v) is 9.73. The Balaban J connectivity index is 1.97. The zero-order valence-electron chi connectivity index (χ0n) is 9.73. The van der Waals surface area contributed by atoms with E-state index in [1.165, 1.54) is 43.4 Å². The van der Waals surface area contributed by atoms with Gasteiger partial charge in [-0.15, -0.1) is 0 Å². The van der Waals surface area contributed by atoms with Gasteiger partial charge in [-0.05, 0) is 43.2 Å². The molecule has 0 bridgehead atoms. The van der Waals surface area contributed by atoms with Crippen LogP contribution in [0.2, 0.25) is 0 Å². The highest BCUT2D eigenvalue weighted by molar-refractivity contribution is 5.28. The van der Waals surface area contributed by atoms with Crippen LogP contribution in [0.5, 0.6) is 0 Å². The Morgan fingerprint density at radius 1 is 1.12 bits per heavy atom. The lowest BCUT2D eigenvalue weighted by Gasteiger charge is -2.33. The highest BCUT2D eigenvalue weighted by Crippen LogP contribution is 2.45. The van der Waals surface area contributed by atoms with Crippen molar-refractivity contribution in [3.05, 3.63) is 29.6 Å². The molecule has 3 rings (SSSR count). The van der Waals surface area contributed by atoms with Crippen LogP contribution in [0.4, 0.5) is 0 Å². The number of pyridine rings is 1. The number of hydrogen-bond acceptors (Lipinski definition) is 2. The molecule has 2 atom stereocenters. The predicted molar refractivity (Wildman–Crippen MR) is 65.1 cm³/mol. The average molecular weight is 216 g/mol. The van der Waals surface area contributed by atoms with Gasteiger partial charge >= 0.3 is 0 Å². The molecule has 0 spiro atoms. The summed E-state index contributed by atoms with van der Waals surface area (Å²) in [5.41, 5.74) is 8.86. The quantitative estimate of drug-likeness (QED) is 0.732. The lowest BCUT2D eigenvalue weighted by Crippen LogP contribution is -2.22. The first-order valence-electron chi connectivity index (χ1n) is 6.56. The molecule has 1 fully saturated rings. The smallest absolute Gasteiger partial charge is 0.0484 e. The van der Waals surface area contributed by atoms with E-state index in [2.05, 4.69) is 11.1 Å². The molecule has 2 aliphatic rings. The van der Waals surface area contributed by atoms with Crippen molar-refractivity contribution in [3.8, 4) is 0 Å². The fraction of sp³-hybridized carbons (Fsp3) is 0.643. The second-order valence-electron chi connectivity index (χ2n) is 5.31. The fourth-order valence-corrected chi connectivity index (χ4v) is 3.20. The number of nitrogens with two attached hydrogens (primary N) is 1. The van der Waals surface area contributed by atoms with Gasteiger partial charge in [0.05, 0.1) is 0 Å². The summed E-state index contributed by atoms with van der Waals surface area (Å²) < 4.78 is 0. The topological polar surface area (TPSA) is 38.9 Å². The predicted octanol–water partition coefficient (Wildman–Crippen LogP) is 3.15. The molecular formula is C14H20N2. The van der Waals surface area contributed by atoms with Crippen molar-refractivity contribution in [2.45, 2.75) is 50.5 Å². The number of rotatable bonds is 1. The summed E-state index contributed by atoms with van der Waals surface area (Å²) in [5, 5.41) is 0. The molecule has 0 amide bonds. The van der Waals surface area contributed by atoms with Gasteiger partial charge in [-0.3, -0.25) is 4.98 Å². The SMILES string of the molecule is NC1CCCC(C2CCC2)c2ncccc21. The molecule has 2 N–H and O–H groups in total. The van der Waals surface area contributed by atoms with E-state index in [-0.39, 0.29) is 6.04 Å². The lowest BCUT2D eigenvalue weighted by molar-refractivity contribution is 0.247. The van der Waals surface area contributed by atoms with Crippen LogP contribution in [0.25, 0.3) is 0 Å². The van der Waals surface area contributed by atoms with Crippen LogP contribution < -0.4 is 5.73 Å². The summed E-state index contributed by atoms with van der Waals surface area (Å²) in [6, 6.07) is 4.43. The van der Waals surface area contributed by atoms with Crippen LogP contribution in [-0.4, -0.2) is 4.98 Å². The molecular weight excluding hydrogens is 196 g/mol. The maximum Gasteiger partial charge on any atom is 0.0484 e. The summed E-state index contributed by atoms with van der Waals surface area (Å²) in [6.07, 6.45) is 9.83. The van der Waals surface area contributed by atoms with E-state index < -0.39 is 0 Å². The van der Waals surface area contributed by atoms with E-state index in [0.717, 1.165) is 12.3 Å². The number of hydrogen-bond donors (Lipinski definition) is 1. The van der Waals surface area contributed by atoms with Crippen molar-refractivity contribution in [3.63, 3.8) is 0 Å². The van der Waals surface area contributed by atoms with Gasteiger partial charge in [-0.25, -0.2) is 0 Å². The van der Waals surface area contributed by atoms with Crippen LogP contribution in [0.3, 0.4) is 0 Å². The van der Waals surface area contributed by atoms with Crippen molar-refractivity contribution >= 4 is 0 Å². The summed E-state index contributed by atoms with van der Waals surface area (Å²) in [7, 11) is 0. The minimum absolute atomic E-state index is 0.216. The zero-order chi connectivity index (χ0) is 11.0. The second-order valence-corrected chi connectivity index (χ2v) is 5.31. The molecule has 2 heteroatoms. The summed E-state index contributed by atoms with van der Waals surface area (Å²) in [5.74, 6) is 1.58. The second kappa shape index (κ2) is 4.17. The molecule has 1 heterocycles. The van der Waals surface area contributed by atoms with Crippen LogP contribution in [0, 0.1) is 5.92 Å². The van der Waals surface area contributed by atoms with Crippen LogP contribution in [0.1, 0.15) is 61.7 Å². The third-order valence-corrected chi connectivity index (χ3v) is 4.37. The minimum Gasteiger partial charge on any atom is -0.324 e. The molecule has 0 radical (unpaired) electrons. The van der Waals surface area contributed by atoms with Crippen molar-refractivity contribution < 1.29 is 0 Å². The number of nitrogens with zero attached hydrogens (tertiary/aromatic N) is 1. The Kier molecular flexibility index (Phi) is 2.68. The Morgan fingerprint density at radius 3 is 2.69 bits per heavy atom. The number of aromatic nitrogens is 1. The third-order valence-electron chi connectivity index (χ3n) is 4.37. The number of fused-ring (bicyclic) bond motifs is 1. The molecule has 0 aliphatic heterocycles. The summed E-state index contributed by atoms with van der Waals surface area (Å²) in [6.45, 7) is 0. The first-order chi connectivity index (χ1) is 7.86. The van der Waals surface area contributed by atoms with Gasteiger partial charge in [-0.2, -0.15) is 0 Å². The normalized spacial score (nSPS) is 30.3.